The highest BCUT2D eigenvalue weighted by atomic mass is 35.5. The van der Waals surface area contributed by atoms with Crippen molar-refractivity contribution in [3.8, 4) is 5.75 Å². The monoisotopic (exact) mass is 374 g/mol. The van der Waals surface area contributed by atoms with Crippen molar-refractivity contribution in [2.24, 2.45) is 0 Å². The summed E-state index contributed by atoms with van der Waals surface area (Å²) in [6.45, 7) is 1.69. The molecule has 3 nitrogen and oxygen atoms in total. The Kier molecular flexibility index (Phi) is 4.47. The Morgan fingerprint density at radius 1 is 1.33 bits per heavy atom. The lowest BCUT2D eigenvalue weighted by atomic mass is 9.89. The second-order valence-electron chi connectivity index (χ2n) is 5.95. The van der Waals surface area contributed by atoms with Crippen LogP contribution in [0.5, 0.6) is 5.75 Å². The highest BCUT2D eigenvalue weighted by molar-refractivity contribution is 7.93. The van der Waals surface area contributed by atoms with Gasteiger partial charge in [0.05, 0.1) is 17.4 Å². The van der Waals surface area contributed by atoms with Gasteiger partial charge in [0.2, 0.25) is 0 Å². The minimum Gasteiger partial charge on any atom is -0.490 e. The van der Waals surface area contributed by atoms with Crippen LogP contribution >= 0.6 is 11.6 Å². The van der Waals surface area contributed by atoms with Crippen molar-refractivity contribution in [2.75, 3.05) is 6.61 Å². The predicted molar refractivity (Wildman–Crippen MR) is 88.8 cm³/mol. The topological polar surface area (TPSA) is 43.4 Å². The average Bonchev–Trinajstić information content (AvgIpc) is 2.58. The summed E-state index contributed by atoms with van der Waals surface area (Å²) in [7, 11) is -3.85. The van der Waals surface area contributed by atoms with Crippen LogP contribution in [0.4, 0.5) is 8.78 Å². The van der Waals surface area contributed by atoms with E-state index < -0.39 is 31.5 Å². The summed E-state index contributed by atoms with van der Waals surface area (Å²) in [5, 5.41) is -0.356. The number of fused-ring (bicyclic) bond motifs is 1. The Labute approximate surface area is 144 Å². The summed E-state index contributed by atoms with van der Waals surface area (Å²) in [4.78, 5) is 0. The number of sulfone groups is 1. The largest absolute Gasteiger partial charge is 0.490 e. The standard InChI is InChI=1S/C17H17ClF2O3S/c1-2-17(24(21,22)12-5-3-11(18)4-6-12)9-10-23-16-14(20)8-7-13(19)15(16)17/h3-5,7-8,12H,2,6,9-10H2,1H3. The van der Waals surface area contributed by atoms with Gasteiger partial charge in [-0.15, -0.1) is 0 Å². The van der Waals surface area contributed by atoms with Crippen molar-refractivity contribution in [3.05, 3.63) is 52.6 Å². The van der Waals surface area contributed by atoms with E-state index in [1.807, 2.05) is 0 Å². The van der Waals surface area contributed by atoms with Crippen LogP contribution in [0.3, 0.4) is 0 Å². The van der Waals surface area contributed by atoms with E-state index in [0.29, 0.717) is 5.03 Å². The maximum atomic E-state index is 14.5. The summed E-state index contributed by atoms with van der Waals surface area (Å²) in [6, 6.07) is 1.91. The average molecular weight is 375 g/mol. The molecule has 0 saturated heterocycles. The first-order chi connectivity index (χ1) is 11.3. The fourth-order valence-electron chi connectivity index (χ4n) is 3.48. The molecule has 1 aromatic rings. The summed E-state index contributed by atoms with van der Waals surface area (Å²) in [6.07, 6.45) is 5.09. The molecule has 0 spiro atoms. The molecule has 3 rings (SSSR count). The van der Waals surface area contributed by atoms with Gasteiger partial charge in [-0.25, -0.2) is 17.2 Å². The molecule has 130 valence electrons. The number of allylic oxidation sites excluding steroid dienone is 3. The third-order valence-electron chi connectivity index (χ3n) is 4.80. The molecule has 0 radical (unpaired) electrons. The first-order valence-electron chi connectivity index (χ1n) is 7.72. The van der Waals surface area contributed by atoms with Gasteiger partial charge < -0.3 is 4.74 Å². The molecule has 0 saturated carbocycles. The Morgan fingerprint density at radius 3 is 2.67 bits per heavy atom. The van der Waals surface area contributed by atoms with Crippen molar-refractivity contribution >= 4 is 21.4 Å². The van der Waals surface area contributed by atoms with E-state index in [9.17, 15) is 17.2 Å². The summed E-state index contributed by atoms with van der Waals surface area (Å²) >= 11 is 5.86. The Bertz CT molecular complexity index is 832. The lowest BCUT2D eigenvalue weighted by Crippen LogP contribution is -2.45. The Hall–Kier alpha value is -1.40. The first kappa shape index (κ1) is 17.4. The minimum absolute atomic E-state index is 0.0213. The third-order valence-corrected chi connectivity index (χ3v) is 8.01. The fourth-order valence-corrected chi connectivity index (χ4v) is 6.10. The lowest BCUT2D eigenvalue weighted by Gasteiger charge is -2.40. The van der Waals surface area contributed by atoms with Crippen LogP contribution < -0.4 is 4.74 Å². The second kappa shape index (κ2) is 6.15. The predicted octanol–water partition coefficient (Wildman–Crippen LogP) is 4.22. The van der Waals surface area contributed by atoms with Crippen LogP contribution in [0, 0.1) is 11.6 Å². The number of benzene rings is 1. The SMILES string of the molecule is CCC1(S(=O)(=O)C2C=CC(Cl)=CC2)CCOc2c(F)ccc(F)c21. The number of hydrogen-bond acceptors (Lipinski definition) is 3. The first-order valence-corrected chi connectivity index (χ1v) is 9.64. The van der Waals surface area contributed by atoms with Crippen molar-refractivity contribution in [1.82, 2.24) is 0 Å². The molecule has 2 atom stereocenters. The number of rotatable bonds is 3. The molecule has 7 heteroatoms. The third kappa shape index (κ3) is 2.47. The van der Waals surface area contributed by atoms with Crippen molar-refractivity contribution in [2.45, 2.75) is 36.2 Å². The molecule has 2 aliphatic rings. The van der Waals surface area contributed by atoms with Crippen molar-refractivity contribution < 1.29 is 21.9 Å². The smallest absolute Gasteiger partial charge is 0.167 e. The van der Waals surface area contributed by atoms with Crippen LogP contribution in [0.1, 0.15) is 31.7 Å². The van der Waals surface area contributed by atoms with E-state index in [4.69, 9.17) is 16.3 Å². The molecule has 1 aliphatic carbocycles. The van der Waals surface area contributed by atoms with Gasteiger partial charge >= 0.3 is 0 Å². The molecule has 2 unspecified atom stereocenters. The Morgan fingerprint density at radius 2 is 2.04 bits per heavy atom. The second-order valence-corrected chi connectivity index (χ2v) is 8.86. The van der Waals surface area contributed by atoms with Gasteiger partial charge in [0, 0.05) is 11.5 Å². The molecule has 0 amide bonds. The molecule has 0 N–H and O–H groups in total. The highest BCUT2D eigenvalue weighted by Crippen LogP contribution is 2.49. The number of halogens is 3. The quantitative estimate of drug-likeness (QED) is 0.795. The summed E-state index contributed by atoms with van der Waals surface area (Å²) in [5.74, 6) is -1.80. The van der Waals surface area contributed by atoms with Gasteiger partial charge in [-0.1, -0.05) is 30.7 Å². The van der Waals surface area contributed by atoms with Crippen molar-refractivity contribution in [1.29, 1.82) is 0 Å². The zero-order valence-electron chi connectivity index (χ0n) is 13.1. The maximum Gasteiger partial charge on any atom is 0.167 e. The molecule has 0 fully saturated rings. The molecule has 24 heavy (non-hydrogen) atoms. The summed E-state index contributed by atoms with van der Waals surface area (Å²) in [5.41, 5.74) is -0.190. The van der Waals surface area contributed by atoms with Gasteiger partial charge in [-0.2, -0.15) is 0 Å². The van der Waals surface area contributed by atoms with Crippen LogP contribution in [-0.2, 0) is 14.6 Å². The molecule has 1 heterocycles. The maximum absolute atomic E-state index is 14.5. The van der Waals surface area contributed by atoms with E-state index in [-0.39, 0.29) is 37.2 Å². The molecular formula is C17H17ClF2O3S. The van der Waals surface area contributed by atoms with Gasteiger partial charge in [-0.05, 0) is 31.1 Å². The van der Waals surface area contributed by atoms with Crippen LogP contribution in [-0.4, -0.2) is 20.3 Å². The Balaban J connectivity index is 2.19. The zero-order valence-corrected chi connectivity index (χ0v) is 14.6. The van der Waals surface area contributed by atoms with Gasteiger partial charge in [0.25, 0.3) is 0 Å². The normalized spacial score (nSPS) is 26.5. The van der Waals surface area contributed by atoms with Crippen LogP contribution in [0.2, 0.25) is 0 Å². The molecule has 0 aromatic heterocycles. The molecule has 1 aliphatic heterocycles. The molecular weight excluding hydrogens is 358 g/mol. The number of hydrogen-bond donors (Lipinski definition) is 0. The van der Waals surface area contributed by atoms with E-state index in [0.717, 1.165) is 12.1 Å². The van der Waals surface area contributed by atoms with E-state index in [1.165, 1.54) is 12.2 Å². The lowest BCUT2D eigenvalue weighted by molar-refractivity contribution is 0.229. The molecule has 1 aromatic carbocycles. The van der Waals surface area contributed by atoms with Gasteiger partial charge in [0.1, 0.15) is 10.6 Å². The van der Waals surface area contributed by atoms with E-state index in [2.05, 4.69) is 0 Å². The number of ether oxygens (including phenoxy) is 1. The minimum atomic E-state index is -3.85. The molecule has 0 bridgehead atoms. The highest BCUT2D eigenvalue weighted by Gasteiger charge is 2.52. The van der Waals surface area contributed by atoms with Gasteiger partial charge in [0.15, 0.2) is 21.4 Å². The van der Waals surface area contributed by atoms with Gasteiger partial charge in [-0.3, -0.25) is 0 Å². The summed E-state index contributed by atoms with van der Waals surface area (Å²) < 4.78 is 59.1. The fraction of sp³-hybridized carbons (Fsp3) is 0.412. The van der Waals surface area contributed by atoms with E-state index in [1.54, 1.807) is 13.0 Å². The van der Waals surface area contributed by atoms with Crippen molar-refractivity contribution in [3.63, 3.8) is 0 Å². The van der Waals surface area contributed by atoms with Crippen LogP contribution in [0.15, 0.2) is 35.4 Å². The van der Waals surface area contributed by atoms with E-state index >= 15 is 0 Å². The van der Waals surface area contributed by atoms with Crippen LogP contribution in [0.25, 0.3) is 0 Å². The zero-order chi connectivity index (χ0) is 17.5.